The molecule has 0 aromatic heterocycles. The molecule has 23 heavy (non-hydrogen) atoms. The van der Waals surface area contributed by atoms with E-state index in [1.807, 2.05) is 18.2 Å². The maximum absolute atomic E-state index is 12.8. The predicted octanol–water partition coefficient (Wildman–Crippen LogP) is 4.38. The summed E-state index contributed by atoms with van der Waals surface area (Å²) in [7, 11) is 1.76. The second-order valence-corrected chi connectivity index (χ2v) is 5.75. The highest BCUT2D eigenvalue weighted by molar-refractivity contribution is 5.92. The van der Waals surface area contributed by atoms with Crippen molar-refractivity contribution in [2.75, 3.05) is 18.6 Å². The summed E-state index contributed by atoms with van der Waals surface area (Å²) in [4.78, 5) is 13.9. The molecule has 1 amide bonds. The SMILES string of the molecule is CC(C)c1cccc(N(C)C(=O)CCOc2ccc(F)cc2)c1. The molecule has 2 aromatic carbocycles. The van der Waals surface area contributed by atoms with Crippen molar-refractivity contribution in [2.24, 2.45) is 0 Å². The van der Waals surface area contributed by atoms with E-state index in [-0.39, 0.29) is 24.8 Å². The first-order chi connectivity index (χ1) is 11.0. The largest absolute Gasteiger partial charge is 0.493 e. The zero-order chi connectivity index (χ0) is 16.8. The van der Waals surface area contributed by atoms with E-state index in [0.717, 1.165) is 5.69 Å². The molecule has 0 saturated carbocycles. The quantitative estimate of drug-likeness (QED) is 0.791. The van der Waals surface area contributed by atoms with Gasteiger partial charge >= 0.3 is 0 Å². The number of hydrogen-bond acceptors (Lipinski definition) is 2. The topological polar surface area (TPSA) is 29.5 Å². The fourth-order valence-corrected chi connectivity index (χ4v) is 2.19. The zero-order valence-corrected chi connectivity index (χ0v) is 13.8. The van der Waals surface area contributed by atoms with Gasteiger partial charge in [0, 0.05) is 12.7 Å². The van der Waals surface area contributed by atoms with E-state index >= 15 is 0 Å². The van der Waals surface area contributed by atoms with Crippen LogP contribution in [0.3, 0.4) is 0 Å². The van der Waals surface area contributed by atoms with Crippen molar-refractivity contribution in [1.29, 1.82) is 0 Å². The summed E-state index contributed by atoms with van der Waals surface area (Å²) in [5.41, 5.74) is 2.08. The molecule has 4 heteroatoms. The molecule has 2 aromatic rings. The van der Waals surface area contributed by atoms with Gasteiger partial charge in [-0.25, -0.2) is 4.39 Å². The van der Waals surface area contributed by atoms with Gasteiger partial charge in [-0.1, -0.05) is 26.0 Å². The molecular formula is C19H22FNO2. The number of carbonyl (C=O) groups is 1. The molecule has 0 bridgehead atoms. The zero-order valence-electron chi connectivity index (χ0n) is 13.8. The standard InChI is InChI=1S/C19H22FNO2/c1-14(2)15-5-4-6-17(13-15)21(3)19(22)11-12-23-18-9-7-16(20)8-10-18/h4-10,13-14H,11-12H2,1-3H3. The molecule has 0 unspecified atom stereocenters. The monoisotopic (exact) mass is 315 g/mol. The molecule has 0 aliphatic heterocycles. The van der Waals surface area contributed by atoms with Crippen molar-refractivity contribution in [2.45, 2.75) is 26.2 Å². The Morgan fingerprint density at radius 3 is 2.52 bits per heavy atom. The first-order valence-electron chi connectivity index (χ1n) is 7.72. The highest BCUT2D eigenvalue weighted by atomic mass is 19.1. The van der Waals surface area contributed by atoms with Crippen molar-refractivity contribution >= 4 is 11.6 Å². The van der Waals surface area contributed by atoms with Gasteiger partial charge in [0.15, 0.2) is 0 Å². The van der Waals surface area contributed by atoms with Crippen LogP contribution in [-0.2, 0) is 4.79 Å². The average Bonchev–Trinajstić information content (AvgIpc) is 2.56. The molecule has 2 rings (SSSR count). The predicted molar refractivity (Wildman–Crippen MR) is 90.5 cm³/mol. The van der Waals surface area contributed by atoms with Crippen molar-refractivity contribution in [3.63, 3.8) is 0 Å². The minimum atomic E-state index is -0.307. The van der Waals surface area contributed by atoms with Crippen LogP contribution >= 0.6 is 0 Å². The van der Waals surface area contributed by atoms with E-state index in [1.54, 1.807) is 24.1 Å². The van der Waals surface area contributed by atoms with Gasteiger partial charge in [0.25, 0.3) is 0 Å². The Morgan fingerprint density at radius 2 is 1.87 bits per heavy atom. The van der Waals surface area contributed by atoms with Crippen molar-refractivity contribution in [3.8, 4) is 5.75 Å². The number of halogens is 1. The second-order valence-electron chi connectivity index (χ2n) is 5.75. The number of ether oxygens (including phenoxy) is 1. The van der Waals surface area contributed by atoms with E-state index in [9.17, 15) is 9.18 Å². The van der Waals surface area contributed by atoms with Crippen LogP contribution in [-0.4, -0.2) is 19.6 Å². The van der Waals surface area contributed by atoms with Gasteiger partial charge in [-0.3, -0.25) is 4.79 Å². The maximum atomic E-state index is 12.8. The molecule has 0 aliphatic carbocycles. The molecule has 0 spiro atoms. The Bertz CT molecular complexity index is 653. The molecule has 122 valence electrons. The van der Waals surface area contributed by atoms with Crippen LogP contribution in [0.4, 0.5) is 10.1 Å². The fourth-order valence-electron chi connectivity index (χ4n) is 2.19. The van der Waals surface area contributed by atoms with Crippen LogP contribution in [0.5, 0.6) is 5.75 Å². The molecule has 0 heterocycles. The number of anilines is 1. The lowest BCUT2D eigenvalue weighted by atomic mass is 10.0. The van der Waals surface area contributed by atoms with Crippen LogP contribution in [0.1, 0.15) is 31.7 Å². The second kappa shape index (κ2) is 7.77. The summed E-state index contributed by atoms with van der Waals surface area (Å²) in [6.45, 7) is 4.51. The van der Waals surface area contributed by atoms with E-state index in [1.165, 1.54) is 17.7 Å². The third-order valence-electron chi connectivity index (χ3n) is 3.70. The van der Waals surface area contributed by atoms with Crippen LogP contribution in [0, 0.1) is 5.82 Å². The van der Waals surface area contributed by atoms with Gasteiger partial charge in [-0.15, -0.1) is 0 Å². The molecule has 0 N–H and O–H groups in total. The first kappa shape index (κ1) is 17.0. The van der Waals surface area contributed by atoms with Gasteiger partial charge in [0.2, 0.25) is 5.91 Å². The Kier molecular flexibility index (Phi) is 5.74. The lowest BCUT2D eigenvalue weighted by Gasteiger charge is -2.19. The van der Waals surface area contributed by atoms with Gasteiger partial charge in [0.1, 0.15) is 11.6 Å². The third-order valence-corrected chi connectivity index (χ3v) is 3.70. The molecule has 0 fully saturated rings. The Hall–Kier alpha value is -2.36. The molecule has 0 aliphatic rings. The molecule has 0 saturated heterocycles. The van der Waals surface area contributed by atoms with E-state index in [0.29, 0.717) is 11.7 Å². The van der Waals surface area contributed by atoms with Crippen LogP contribution < -0.4 is 9.64 Å². The number of benzene rings is 2. The normalized spacial score (nSPS) is 10.7. The van der Waals surface area contributed by atoms with Crippen LogP contribution in [0.15, 0.2) is 48.5 Å². The summed E-state index contributed by atoms with van der Waals surface area (Å²) < 4.78 is 18.3. The van der Waals surface area contributed by atoms with Gasteiger partial charge in [0.05, 0.1) is 13.0 Å². The minimum absolute atomic E-state index is 0.0204. The molecule has 3 nitrogen and oxygen atoms in total. The highest BCUT2D eigenvalue weighted by Crippen LogP contribution is 2.21. The Balaban J connectivity index is 1.89. The molecular weight excluding hydrogens is 293 g/mol. The lowest BCUT2D eigenvalue weighted by molar-refractivity contribution is -0.118. The first-order valence-corrected chi connectivity index (χ1v) is 7.72. The number of nitrogens with zero attached hydrogens (tertiary/aromatic N) is 1. The number of hydrogen-bond donors (Lipinski definition) is 0. The van der Waals surface area contributed by atoms with Gasteiger partial charge in [-0.2, -0.15) is 0 Å². The summed E-state index contributed by atoms with van der Waals surface area (Å²) in [5, 5.41) is 0. The van der Waals surface area contributed by atoms with E-state index in [2.05, 4.69) is 19.9 Å². The smallest absolute Gasteiger partial charge is 0.230 e. The fraction of sp³-hybridized carbons (Fsp3) is 0.316. The van der Waals surface area contributed by atoms with Crippen molar-refractivity contribution in [1.82, 2.24) is 0 Å². The Morgan fingerprint density at radius 1 is 1.17 bits per heavy atom. The molecule has 0 radical (unpaired) electrons. The highest BCUT2D eigenvalue weighted by Gasteiger charge is 2.12. The molecule has 0 atom stereocenters. The summed E-state index contributed by atoms with van der Waals surface area (Å²) in [6, 6.07) is 13.7. The van der Waals surface area contributed by atoms with Crippen LogP contribution in [0.2, 0.25) is 0 Å². The van der Waals surface area contributed by atoms with Gasteiger partial charge < -0.3 is 9.64 Å². The van der Waals surface area contributed by atoms with Crippen molar-refractivity contribution < 1.29 is 13.9 Å². The Labute approximate surface area is 136 Å². The van der Waals surface area contributed by atoms with E-state index < -0.39 is 0 Å². The summed E-state index contributed by atoms with van der Waals surface area (Å²) in [5.74, 6) is 0.648. The lowest BCUT2D eigenvalue weighted by Crippen LogP contribution is -2.27. The summed E-state index contributed by atoms with van der Waals surface area (Å²) >= 11 is 0. The summed E-state index contributed by atoms with van der Waals surface area (Å²) in [6.07, 6.45) is 0.264. The van der Waals surface area contributed by atoms with E-state index in [4.69, 9.17) is 4.74 Å². The number of rotatable bonds is 6. The minimum Gasteiger partial charge on any atom is -0.493 e. The average molecular weight is 315 g/mol. The maximum Gasteiger partial charge on any atom is 0.230 e. The van der Waals surface area contributed by atoms with Gasteiger partial charge in [-0.05, 0) is 47.9 Å². The van der Waals surface area contributed by atoms with Crippen molar-refractivity contribution in [3.05, 3.63) is 59.9 Å². The van der Waals surface area contributed by atoms with Crippen LogP contribution in [0.25, 0.3) is 0 Å². The third kappa shape index (κ3) is 4.81. The number of carbonyl (C=O) groups excluding carboxylic acids is 1. The number of amides is 1.